The average molecular weight is 254 g/mol. The summed E-state index contributed by atoms with van der Waals surface area (Å²) in [5, 5.41) is 22.7. The van der Waals surface area contributed by atoms with E-state index in [0.29, 0.717) is 17.7 Å². The third-order valence-corrected chi connectivity index (χ3v) is 2.79. The summed E-state index contributed by atoms with van der Waals surface area (Å²) in [5.74, 6) is -1.25. The summed E-state index contributed by atoms with van der Waals surface area (Å²) in [6, 6.07) is 0. The molecule has 1 heterocycles. The van der Waals surface area contributed by atoms with Crippen LogP contribution in [-0.4, -0.2) is 31.6 Å². The van der Waals surface area contributed by atoms with Gasteiger partial charge in [-0.05, 0) is 39.7 Å². The lowest BCUT2D eigenvalue weighted by Crippen LogP contribution is -2.33. The molecule has 0 aromatic carbocycles. The van der Waals surface area contributed by atoms with Crippen molar-refractivity contribution < 1.29 is 15.0 Å². The SMILES string of the molecule is Cc1nn(CCC(C)(C)O)c(=O)c(C(=O)O)c1C. The van der Waals surface area contributed by atoms with Gasteiger partial charge in [-0.2, -0.15) is 5.10 Å². The monoisotopic (exact) mass is 254 g/mol. The molecule has 0 fully saturated rings. The summed E-state index contributed by atoms with van der Waals surface area (Å²) in [6.45, 7) is 6.65. The molecule has 6 nitrogen and oxygen atoms in total. The van der Waals surface area contributed by atoms with Crippen molar-refractivity contribution in [1.29, 1.82) is 0 Å². The third kappa shape index (κ3) is 3.16. The minimum absolute atomic E-state index is 0.184. The number of carboxylic acids is 1. The number of aromatic carboxylic acids is 1. The van der Waals surface area contributed by atoms with Crippen LogP contribution in [-0.2, 0) is 6.54 Å². The van der Waals surface area contributed by atoms with Crippen molar-refractivity contribution in [3.63, 3.8) is 0 Å². The molecule has 18 heavy (non-hydrogen) atoms. The van der Waals surface area contributed by atoms with Gasteiger partial charge in [0.05, 0.1) is 11.3 Å². The highest BCUT2D eigenvalue weighted by molar-refractivity contribution is 5.88. The van der Waals surface area contributed by atoms with E-state index in [1.807, 2.05) is 0 Å². The van der Waals surface area contributed by atoms with Crippen LogP contribution in [0.1, 0.15) is 41.9 Å². The summed E-state index contributed by atoms with van der Waals surface area (Å²) >= 11 is 0. The minimum Gasteiger partial charge on any atom is -0.477 e. The van der Waals surface area contributed by atoms with Crippen LogP contribution in [0.3, 0.4) is 0 Å². The first-order valence-corrected chi connectivity index (χ1v) is 5.67. The van der Waals surface area contributed by atoms with Gasteiger partial charge in [0.15, 0.2) is 0 Å². The zero-order valence-electron chi connectivity index (χ0n) is 11.0. The molecular formula is C12H18N2O4. The van der Waals surface area contributed by atoms with Gasteiger partial charge in [-0.1, -0.05) is 0 Å². The van der Waals surface area contributed by atoms with Crippen molar-refractivity contribution in [2.24, 2.45) is 0 Å². The molecular weight excluding hydrogens is 236 g/mol. The number of carbonyl (C=O) groups is 1. The molecule has 0 spiro atoms. The topological polar surface area (TPSA) is 92.4 Å². The lowest BCUT2D eigenvalue weighted by Gasteiger charge is -2.17. The van der Waals surface area contributed by atoms with Crippen molar-refractivity contribution in [1.82, 2.24) is 9.78 Å². The Morgan fingerprint density at radius 3 is 2.39 bits per heavy atom. The van der Waals surface area contributed by atoms with E-state index in [9.17, 15) is 14.7 Å². The van der Waals surface area contributed by atoms with Crippen LogP contribution in [0.2, 0.25) is 0 Å². The number of hydrogen-bond acceptors (Lipinski definition) is 4. The molecule has 0 atom stereocenters. The largest absolute Gasteiger partial charge is 0.477 e. The molecule has 0 bridgehead atoms. The maximum Gasteiger partial charge on any atom is 0.341 e. The molecule has 100 valence electrons. The maximum atomic E-state index is 11.9. The van der Waals surface area contributed by atoms with E-state index in [1.165, 1.54) is 0 Å². The van der Waals surface area contributed by atoms with E-state index >= 15 is 0 Å². The molecule has 0 saturated carbocycles. The molecule has 1 rings (SSSR count). The van der Waals surface area contributed by atoms with E-state index in [1.54, 1.807) is 27.7 Å². The predicted octanol–water partition coefficient (Wildman–Crippen LogP) is 0.719. The summed E-state index contributed by atoms with van der Waals surface area (Å²) < 4.78 is 1.10. The van der Waals surface area contributed by atoms with Crippen LogP contribution < -0.4 is 5.56 Å². The first-order chi connectivity index (χ1) is 8.13. The number of hydrogen-bond donors (Lipinski definition) is 2. The number of aromatic nitrogens is 2. The number of rotatable bonds is 4. The zero-order valence-corrected chi connectivity index (χ0v) is 11.0. The van der Waals surface area contributed by atoms with Crippen molar-refractivity contribution in [2.75, 3.05) is 0 Å². The van der Waals surface area contributed by atoms with E-state index < -0.39 is 17.1 Å². The second-order valence-corrected chi connectivity index (χ2v) is 4.98. The molecule has 0 unspecified atom stereocenters. The Morgan fingerprint density at radius 2 is 1.94 bits per heavy atom. The van der Waals surface area contributed by atoms with Gasteiger partial charge in [-0.15, -0.1) is 0 Å². The van der Waals surface area contributed by atoms with Crippen molar-refractivity contribution in [2.45, 2.75) is 46.3 Å². The molecule has 2 N–H and O–H groups in total. The maximum absolute atomic E-state index is 11.9. The minimum atomic E-state index is -1.25. The average Bonchev–Trinajstić information content (AvgIpc) is 2.20. The van der Waals surface area contributed by atoms with Gasteiger partial charge in [0.1, 0.15) is 5.56 Å². The normalized spacial score (nSPS) is 11.6. The van der Waals surface area contributed by atoms with Crippen LogP contribution in [0.5, 0.6) is 0 Å². The Hall–Kier alpha value is -1.69. The second kappa shape index (κ2) is 4.89. The molecule has 0 aliphatic rings. The van der Waals surface area contributed by atoms with Crippen LogP contribution in [0.25, 0.3) is 0 Å². The summed E-state index contributed by atoms with van der Waals surface area (Å²) in [6.07, 6.45) is 0.321. The van der Waals surface area contributed by atoms with Gasteiger partial charge in [-0.3, -0.25) is 4.79 Å². The zero-order chi connectivity index (χ0) is 14.1. The first kappa shape index (κ1) is 14.4. The Kier molecular flexibility index (Phi) is 3.91. The summed E-state index contributed by atoms with van der Waals surface area (Å²) in [4.78, 5) is 23.0. The first-order valence-electron chi connectivity index (χ1n) is 5.67. The molecule has 0 aliphatic heterocycles. The van der Waals surface area contributed by atoms with E-state index in [0.717, 1.165) is 4.68 Å². The highest BCUT2D eigenvalue weighted by atomic mass is 16.4. The molecule has 6 heteroatoms. The molecule has 0 amide bonds. The van der Waals surface area contributed by atoms with Gasteiger partial charge in [0, 0.05) is 6.54 Å². The van der Waals surface area contributed by atoms with Crippen molar-refractivity contribution in [3.8, 4) is 0 Å². The molecule has 0 radical (unpaired) electrons. The molecule has 0 aliphatic carbocycles. The molecule has 0 saturated heterocycles. The van der Waals surface area contributed by atoms with Crippen LogP contribution in [0.15, 0.2) is 4.79 Å². The van der Waals surface area contributed by atoms with E-state index in [-0.39, 0.29) is 12.1 Å². The lowest BCUT2D eigenvalue weighted by atomic mass is 10.1. The molecule has 1 aromatic rings. The predicted molar refractivity (Wildman–Crippen MR) is 65.8 cm³/mol. The van der Waals surface area contributed by atoms with Gasteiger partial charge < -0.3 is 10.2 Å². The van der Waals surface area contributed by atoms with E-state index in [4.69, 9.17) is 5.11 Å². The van der Waals surface area contributed by atoms with Crippen LogP contribution >= 0.6 is 0 Å². The highest BCUT2D eigenvalue weighted by Crippen LogP contribution is 2.10. The highest BCUT2D eigenvalue weighted by Gasteiger charge is 2.19. The lowest BCUT2D eigenvalue weighted by molar-refractivity contribution is 0.0643. The quantitative estimate of drug-likeness (QED) is 0.825. The van der Waals surface area contributed by atoms with Gasteiger partial charge >= 0.3 is 5.97 Å². The van der Waals surface area contributed by atoms with Gasteiger partial charge in [-0.25, -0.2) is 9.48 Å². The van der Waals surface area contributed by atoms with E-state index in [2.05, 4.69) is 5.10 Å². The Morgan fingerprint density at radius 1 is 1.39 bits per heavy atom. The second-order valence-electron chi connectivity index (χ2n) is 4.98. The number of aliphatic hydroxyl groups is 1. The standard InChI is InChI=1S/C12H18N2O4/c1-7-8(2)13-14(6-5-12(3,4)18)10(15)9(7)11(16)17/h18H,5-6H2,1-4H3,(H,16,17). The fraction of sp³-hybridized carbons (Fsp3) is 0.583. The van der Waals surface area contributed by atoms with Crippen molar-refractivity contribution >= 4 is 5.97 Å². The summed E-state index contributed by atoms with van der Waals surface area (Å²) in [5.41, 5.74) is -0.925. The number of carboxylic acid groups (broad SMARTS) is 1. The Bertz CT molecular complexity index is 526. The Labute approximate surface area is 105 Å². The van der Waals surface area contributed by atoms with Gasteiger partial charge in [0.25, 0.3) is 5.56 Å². The molecule has 1 aromatic heterocycles. The van der Waals surface area contributed by atoms with Crippen LogP contribution in [0.4, 0.5) is 0 Å². The number of aryl methyl sites for hydroxylation is 2. The fourth-order valence-corrected chi connectivity index (χ4v) is 1.55. The Balaban J connectivity index is 3.23. The fourth-order valence-electron chi connectivity index (χ4n) is 1.55. The third-order valence-electron chi connectivity index (χ3n) is 2.79. The van der Waals surface area contributed by atoms with Crippen LogP contribution in [0, 0.1) is 13.8 Å². The van der Waals surface area contributed by atoms with Crippen molar-refractivity contribution in [3.05, 3.63) is 27.2 Å². The van der Waals surface area contributed by atoms with Gasteiger partial charge in [0.2, 0.25) is 0 Å². The number of nitrogens with zero attached hydrogens (tertiary/aromatic N) is 2. The smallest absolute Gasteiger partial charge is 0.341 e. The summed E-state index contributed by atoms with van der Waals surface area (Å²) in [7, 11) is 0.